The van der Waals surface area contributed by atoms with Crippen molar-refractivity contribution in [3.63, 3.8) is 0 Å². The standard InChI is InChI=1S/C18H28N4/c1-15-8-12-22(13-9-15)17(16-6-3-2-4-7-16)14-21-18-19-10-5-11-20-18/h2-4,6-7,15,17H,5,8-14H2,1H3,(H2,19,20,21)/t17-/m1/s1. The maximum absolute atomic E-state index is 4.53. The lowest BCUT2D eigenvalue weighted by Crippen LogP contribution is -2.46. The van der Waals surface area contributed by atoms with Crippen molar-refractivity contribution in [2.24, 2.45) is 10.9 Å². The minimum atomic E-state index is 0.431. The number of hydrogen-bond donors (Lipinski definition) is 2. The molecule has 0 bridgehead atoms. The number of nitrogens with one attached hydrogen (secondary N) is 2. The lowest BCUT2D eigenvalue weighted by Gasteiger charge is -2.37. The molecule has 0 spiro atoms. The number of hydrogen-bond acceptors (Lipinski definition) is 4. The highest BCUT2D eigenvalue weighted by Crippen LogP contribution is 2.26. The SMILES string of the molecule is CC1CCN([C@H](CNC2=NCCCN2)c2ccccc2)CC1. The summed E-state index contributed by atoms with van der Waals surface area (Å²) in [6.45, 7) is 7.65. The fourth-order valence-corrected chi connectivity index (χ4v) is 3.32. The molecule has 1 fully saturated rings. The maximum Gasteiger partial charge on any atom is 0.191 e. The molecule has 4 heteroatoms. The Morgan fingerprint density at radius 3 is 2.73 bits per heavy atom. The van der Waals surface area contributed by atoms with Gasteiger partial charge < -0.3 is 10.6 Å². The Kier molecular flexibility index (Phi) is 5.33. The number of rotatable bonds is 4. The van der Waals surface area contributed by atoms with Crippen molar-refractivity contribution in [3.8, 4) is 0 Å². The molecule has 0 radical (unpaired) electrons. The van der Waals surface area contributed by atoms with E-state index >= 15 is 0 Å². The van der Waals surface area contributed by atoms with E-state index in [2.05, 4.69) is 57.8 Å². The van der Waals surface area contributed by atoms with E-state index in [1.165, 1.54) is 31.5 Å². The van der Waals surface area contributed by atoms with Gasteiger partial charge in [-0.1, -0.05) is 37.3 Å². The molecule has 2 aliphatic rings. The zero-order chi connectivity index (χ0) is 15.2. The zero-order valence-corrected chi connectivity index (χ0v) is 13.6. The van der Waals surface area contributed by atoms with Gasteiger partial charge in [-0.3, -0.25) is 9.89 Å². The zero-order valence-electron chi connectivity index (χ0n) is 13.6. The van der Waals surface area contributed by atoms with E-state index in [1.54, 1.807) is 0 Å². The summed E-state index contributed by atoms with van der Waals surface area (Å²) in [6.07, 6.45) is 3.75. The summed E-state index contributed by atoms with van der Waals surface area (Å²) in [4.78, 5) is 7.16. The lowest BCUT2D eigenvalue weighted by atomic mass is 9.95. The highest BCUT2D eigenvalue weighted by molar-refractivity contribution is 5.80. The monoisotopic (exact) mass is 300 g/mol. The molecule has 1 atom stereocenters. The number of aliphatic imine (C=N–C) groups is 1. The van der Waals surface area contributed by atoms with Gasteiger partial charge >= 0.3 is 0 Å². The van der Waals surface area contributed by atoms with Gasteiger partial charge in [0.05, 0.1) is 6.04 Å². The first-order valence-corrected chi connectivity index (χ1v) is 8.64. The molecule has 2 heterocycles. The molecule has 0 aromatic heterocycles. The lowest BCUT2D eigenvalue weighted by molar-refractivity contribution is 0.138. The van der Waals surface area contributed by atoms with Crippen LogP contribution in [0.15, 0.2) is 35.3 Å². The topological polar surface area (TPSA) is 39.7 Å². The average Bonchev–Trinajstić information content (AvgIpc) is 2.58. The number of benzene rings is 1. The Balaban J connectivity index is 1.67. The first-order valence-electron chi connectivity index (χ1n) is 8.64. The van der Waals surface area contributed by atoms with Gasteiger partial charge in [-0.15, -0.1) is 0 Å². The van der Waals surface area contributed by atoms with Crippen molar-refractivity contribution in [1.29, 1.82) is 0 Å². The molecule has 22 heavy (non-hydrogen) atoms. The first-order chi connectivity index (χ1) is 10.8. The first kappa shape index (κ1) is 15.3. The van der Waals surface area contributed by atoms with E-state index in [4.69, 9.17) is 0 Å². The predicted molar refractivity (Wildman–Crippen MR) is 92.1 cm³/mol. The minimum Gasteiger partial charge on any atom is -0.356 e. The molecule has 1 saturated heterocycles. The molecule has 3 rings (SSSR count). The molecule has 2 N–H and O–H groups in total. The normalized spacial score (nSPS) is 21.8. The summed E-state index contributed by atoms with van der Waals surface area (Å²) in [5.41, 5.74) is 1.40. The van der Waals surface area contributed by atoms with E-state index in [0.717, 1.165) is 37.9 Å². The van der Waals surface area contributed by atoms with Crippen LogP contribution in [0.25, 0.3) is 0 Å². The highest BCUT2D eigenvalue weighted by Gasteiger charge is 2.24. The molecule has 0 saturated carbocycles. The van der Waals surface area contributed by atoms with E-state index in [9.17, 15) is 0 Å². The third-order valence-electron chi connectivity index (χ3n) is 4.80. The van der Waals surface area contributed by atoms with Crippen LogP contribution in [0.3, 0.4) is 0 Å². The van der Waals surface area contributed by atoms with Gasteiger partial charge in [0.15, 0.2) is 5.96 Å². The van der Waals surface area contributed by atoms with Crippen molar-refractivity contribution in [2.45, 2.75) is 32.2 Å². The van der Waals surface area contributed by atoms with Crippen molar-refractivity contribution < 1.29 is 0 Å². The minimum absolute atomic E-state index is 0.431. The molecule has 0 aliphatic carbocycles. The molecule has 0 amide bonds. The Labute approximate surface area is 134 Å². The van der Waals surface area contributed by atoms with Gasteiger partial charge in [0.25, 0.3) is 0 Å². The summed E-state index contributed by atoms with van der Waals surface area (Å²) >= 11 is 0. The summed E-state index contributed by atoms with van der Waals surface area (Å²) in [5.74, 6) is 1.84. The van der Waals surface area contributed by atoms with Gasteiger partial charge in [0.1, 0.15) is 0 Å². The van der Waals surface area contributed by atoms with Crippen LogP contribution in [0, 0.1) is 5.92 Å². The van der Waals surface area contributed by atoms with E-state index < -0.39 is 0 Å². The van der Waals surface area contributed by atoms with Crippen LogP contribution >= 0.6 is 0 Å². The van der Waals surface area contributed by atoms with Gasteiger partial charge in [0, 0.05) is 19.6 Å². The quantitative estimate of drug-likeness (QED) is 0.897. The average molecular weight is 300 g/mol. The number of likely N-dealkylation sites (tertiary alicyclic amines) is 1. The molecule has 0 unspecified atom stereocenters. The van der Waals surface area contributed by atoms with Crippen molar-refractivity contribution >= 4 is 5.96 Å². The van der Waals surface area contributed by atoms with Crippen LogP contribution in [0.4, 0.5) is 0 Å². The Bertz CT molecular complexity index is 477. The van der Waals surface area contributed by atoms with Crippen LogP contribution in [0.5, 0.6) is 0 Å². The number of guanidine groups is 1. The van der Waals surface area contributed by atoms with Crippen molar-refractivity contribution in [3.05, 3.63) is 35.9 Å². The summed E-state index contributed by atoms with van der Waals surface area (Å²) in [6, 6.07) is 11.3. The smallest absolute Gasteiger partial charge is 0.191 e. The summed E-state index contributed by atoms with van der Waals surface area (Å²) in [7, 11) is 0. The van der Waals surface area contributed by atoms with E-state index in [0.29, 0.717) is 6.04 Å². The number of nitrogens with zero attached hydrogens (tertiary/aromatic N) is 2. The maximum atomic E-state index is 4.53. The van der Waals surface area contributed by atoms with Crippen molar-refractivity contribution in [2.75, 3.05) is 32.7 Å². The molecule has 1 aromatic rings. The van der Waals surface area contributed by atoms with Gasteiger partial charge in [-0.05, 0) is 43.8 Å². The largest absolute Gasteiger partial charge is 0.356 e. The molecule has 1 aromatic carbocycles. The van der Waals surface area contributed by atoms with E-state index in [1.807, 2.05) is 0 Å². The third-order valence-corrected chi connectivity index (χ3v) is 4.80. The van der Waals surface area contributed by atoms with Crippen LogP contribution in [-0.4, -0.2) is 43.6 Å². The second-order valence-corrected chi connectivity index (χ2v) is 6.54. The third kappa shape index (κ3) is 4.01. The fourth-order valence-electron chi connectivity index (χ4n) is 3.32. The van der Waals surface area contributed by atoms with Crippen LogP contribution in [0.2, 0.25) is 0 Å². The van der Waals surface area contributed by atoms with Gasteiger partial charge in [-0.2, -0.15) is 0 Å². The van der Waals surface area contributed by atoms with Gasteiger partial charge in [-0.25, -0.2) is 0 Å². The Morgan fingerprint density at radius 1 is 1.27 bits per heavy atom. The van der Waals surface area contributed by atoms with Crippen LogP contribution in [-0.2, 0) is 0 Å². The molecule has 4 nitrogen and oxygen atoms in total. The number of piperidine rings is 1. The Morgan fingerprint density at radius 2 is 2.05 bits per heavy atom. The molecule has 2 aliphatic heterocycles. The second kappa shape index (κ2) is 7.63. The molecular weight excluding hydrogens is 272 g/mol. The summed E-state index contributed by atoms with van der Waals surface area (Å²) < 4.78 is 0. The summed E-state index contributed by atoms with van der Waals surface area (Å²) in [5, 5.41) is 6.88. The Hall–Kier alpha value is -1.55. The predicted octanol–water partition coefficient (Wildman–Crippen LogP) is 2.40. The molecule has 120 valence electrons. The second-order valence-electron chi connectivity index (χ2n) is 6.54. The molecular formula is C18H28N4. The van der Waals surface area contributed by atoms with Crippen molar-refractivity contribution in [1.82, 2.24) is 15.5 Å². The van der Waals surface area contributed by atoms with Gasteiger partial charge in [0.2, 0.25) is 0 Å². The van der Waals surface area contributed by atoms with Crippen LogP contribution in [0.1, 0.15) is 37.8 Å². The fraction of sp³-hybridized carbons (Fsp3) is 0.611. The highest BCUT2D eigenvalue weighted by atomic mass is 15.2. The van der Waals surface area contributed by atoms with E-state index in [-0.39, 0.29) is 0 Å². The van der Waals surface area contributed by atoms with Crippen LogP contribution < -0.4 is 10.6 Å².